The molecule has 15 atom stereocenters. The molecule has 5 heterocycles. The molecule has 7 rings (SSSR count). The van der Waals surface area contributed by atoms with Crippen LogP contribution in [0.2, 0.25) is 0 Å². The van der Waals surface area contributed by atoms with Gasteiger partial charge in [0.1, 0.15) is 66.7 Å². The fraction of sp³-hybridized carbons (Fsp3) is 0.627. The van der Waals surface area contributed by atoms with Crippen molar-refractivity contribution in [2.75, 3.05) is 46.4 Å². The molecule has 5 saturated heterocycles. The maximum absolute atomic E-state index is 15.1. The highest BCUT2D eigenvalue weighted by Crippen LogP contribution is 2.32. The van der Waals surface area contributed by atoms with E-state index in [0.717, 1.165) is 15.4 Å². The normalized spacial score (nSPS) is 30.7. The molecule has 25 nitrogen and oxygen atoms in total. The summed E-state index contributed by atoms with van der Waals surface area (Å²) in [7, 11) is 1.57. The van der Waals surface area contributed by atoms with Gasteiger partial charge in [-0.25, -0.2) is 4.79 Å². The Balaban J connectivity index is 1.27. The average molecular weight is 1170 g/mol. The van der Waals surface area contributed by atoms with Gasteiger partial charge in [-0.1, -0.05) is 90.4 Å². The first-order valence-corrected chi connectivity index (χ1v) is 29.3. The molecule has 0 aromatic heterocycles. The van der Waals surface area contributed by atoms with Crippen LogP contribution in [-0.2, 0) is 65.5 Å². The van der Waals surface area contributed by atoms with Crippen LogP contribution in [0, 0.1) is 23.7 Å². The standard InChI is InChI=1S/C59H84N10O15/c1-8-34(6)49-54(78)62-42(22-36-14-16-37(71)17-15-36)51(75)63-43(29-70)55(79)68-27-38(72)23-46(68)58(82)69-28-39(73)24-47(69)57(81)67-26-33(5)20-48(67)59(83)84-30-44(64-50(74)40(60-7)21-35-12-10-9-11-13-35)56(80)66-25-32(4)19-45(66)53(77)61-41(18-31(2)3)52(76)65-49/h9-17,31-34,38-49,60,70-73H,8,18-30H2,1-7H3,(H,61,77)(H,62,78)(H,63,75)(H,64,74)(H,65,76)/t32-,33-,34-,38+,39+,40-,41+,42-,43+,44-,45-,46-,47-,48-,49-/m0/s1. The number of ether oxygens (including phenoxy) is 1. The number of nitrogens with zero attached hydrogens (tertiary/aromatic N) is 4. The lowest BCUT2D eigenvalue weighted by Crippen LogP contribution is -2.62. The first kappa shape index (κ1) is 64.3. The number of cyclic esters (lactones) is 1. The monoisotopic (exact) mass is 1170 g/mol. The number of aromatic hydroxyl groups is 1. The van der Waals surface area contributed by atoms with Crippen LogP contribution in [0.1, 0.15) is 91.2 Å². The Morgan fingerprint density at radius 1 is 0.631 bits per heavy atom. The topological polar surface area (TPSA) is 346 Å². The Bertz CT molecular complexity index is 2720. The van der Waals surface area contributed by atoms with E-state index in [4.69, 9.17) is 4.74 Å². The molecule has 0 unspecified atom stereocenters. The van der Waals surface area contributed by atoms with Crippen LogP contribution in [0.25, 0.3) is 0 Å². The summed E-state index contributed by atoms with van der Waals surface area (Å²) in [5, 5.41) is 59.5. The molecular weight excluding hydrogens is 1090 g/mol. The molecule has 0 saturated carbocycles. The highest BCUT2D eigenvalue weighted by molar-refractivity contribution is 5.99. The Morgan fingerprint density at radius 2 is 1.17 bits per heavy atom. The summed E-state index contributed by atoms with van der Waals surface area (Å²) in [6.07, 6.45) is -2.47. The Kier molecular flexibility index (Phi) is 21.9. The molecule has 2 aromatic rings. The van der Waals surface area contributed by atoms with Crippen molar-refractivity contribution in [3.8, 4) is 5.75 Å². The molecule has 84 heavy (non-hydrogen) atoms. The molecule has 9 amide bonds. The average Bonchev–Trinajstić information content (AvgIpc) is 4.44. The number of rotatable bonds is 12. The van der Waals surface area contributed by atoms with Gasteiger partial charge in [-0.15, -0.1) is 0 Å². The van der Waals surface area contributed by atoms with Gasteiger partial charge >= 0.3 is 5.97 Å². The van der Waals surface area contributed by atoms with Gasteiger partial charge in [0.05, 0.1) is 24.9 Å². The molecule has 5 aliphatic heterocycles. The van der Waals surface area contributed by atoms with E-state index in [2.05, 4.69) is 31.9 Å². The molecule has 460 valence electrons. The number of esters is 1. The van der Waals surface area contributed by atoms with E-state index < -0.39 is 157 Å². The largest absolute Gasteiger partial charge is 0.508 e. The second-order valence-electron chi connectivity index (χ2n) is 23.9. The van der Waals surface area contributed by atoms with Gasteiger partial charge in [0.2, 0.25) is 53.2 Å². The number of phenolic OH excluding ortho intramolecular Hbond substituents is 1. The first-order valence-electron chi connectivity index (χ1n) is 29.3. The number of fused-ring (bicyclic) bond motifs is 4. The number of carbonyl (C=O) groups is 10. The van der Waals surface area contributed by atoms with E-state index in [1.54, 1.807) is 27.8 Å². The molecule has 5 fully saturated rings. The van der Waals surface area contributed by atoms with Gasteiger partial charge < -0.3 is 76.7 Å². The number of hydrogen-bond acceptors (Lipinski definition) is 16. The van der Waals surface area contributed by atoms with Gasteiger partial charge in [-0.2, -0.15) is 0 Å². The van der Waals surface area contributed by atoms with Gasteiger partial charge in [-0.05, 0) is 79.7 Å². The van der Waals surface area contributed by atoms with E-state index in [1.165, 1.54) is 34.1 Å². The molecule has 0 bridgehead atoms. The van der Waals surface area contributed by atoms with Crippen molar-refractivity contribution in [2.24, 2.45) is 23.7 Å². The van der Waals surface area contributed by atoms with Crippen molar-refractivity contribution in [3.05, 3.63) is 65.7 Å². The number of amides is 9. The third-order valence-corrected chi connectivity index (χ3v) is 16.7. The zero-order chi connectivity index (χ0) is 61.3. The minimum atomic E-state index is -1.75. The van der Waals surface area contributed by atoms with E-state index in [1.807, 2.05) is 51.1 Å². The minimum absolute atomic E-state index is 0.0189. The highest BCUT2D eigenvalue weighted by Gasteiger charge is 2.51. The summed E-state index contributed by atoms with van der Waals surface area (Å²) in [6.45, 7) is 8.25. The Hall–Kier alpha value is -7.22. The Morgan fingerprint density at radius 3 is 1.74 bits per heavy atom. The van der Waals surface area contributed by atoms with Gasteiger partial charge in [0, 0.05) is 45.4 Å². The summed E-state index contributed by atoms with van der Waals surface area (Å²) in [4.78, 5) is 151. The van der Waals surface area contributed by atoms with Crippen LogP contribution < -0.4 is 31.9 Å². The number of phenols is 1. The van der Waals surface area contributed by atoms with Crippen LogP contribution in [0.15, 0.2) is 54.6 Å². The maximum Gasteiger partial charge on any atom is 0.328 e. The summed E-state index contributed by atoms with van der Waals surface area (Å²) < 4.78 is 5.91. The van der Waals surface area contributed by atoms with Gasteiger partial charge in [0.25, 0.3) is 0 Å². The number of aliphatic hydroxyl groups is 3. The van der Waals surface area contributed by atoms with Gasteiger partial charge in [-0.3, -0.25) is 43.2 Å². The summed E-state index contributed by atoms with van der Waals surface area (Å²) in [6, 6.07) is 1.24. The lowest BCUT2D eigenvalue weighted by molar-refractivity contribution is -0.158. The maximum atomic E-state index is 15.1. The summed E-state index contributed by atoms with van der Waals surface area (Å²) in [5.41, 5.74) is 1.25. The molecule has 0 spiro atoms. The smallest absolute Gasteiger partial charge is 0.328 e. The van der Waals surface area contributed by atoms with Crippen molar-refractivity contribution < 1.29 is 73.1 Å². The SMILES string of the molecule is CC[C@H](C)[C@@H]1NC(=O)[C@@H](CC(C)C)NC(=O)[C@@H]2C[C@H](C)CN2C(=O)[C@@H](NC(=O)[C@H](Cc2ccccc2)NC)COC(=O)[C@@H]2C[C@H](C)CN2C(=O)[C@@H]2C[C@@H](O)CN2C(=O)[C@@H]2C[C@@H](O)CN2C(=O)[C@@H](CO)NC(=O)[C@H](Cc2ccc(O)cc2)NC1=O. The van der Waals surface area contributed by atoms with E-state index in [0.29, 0.717) is 12.0 Å². The van der Waals surface area contributed by atoms with Crippen LogP contribution in [0.5, 0.6) is 5.75 Å². The van der Waals surface area contributed by atoms with Crippen molar-refractivity contribution in [1.82, 2.24) is 51.5 Å². The third-order valence-electron chi connectivity index (χ3n) is 16.7. The van der Waals surface area contributed by atoms with E-state index >= 15 is 4.79 Å². The number of likely N-dealkylation sites (N-methyl/N-ethyl adjacent to an activating group) is 1. The lowest BCUT2D eigenvalue weighted by atomic mass is 9.95. The van der Waals surface area contributed by atoms with Crippen LogP contribution >= 0.6 is 0 Å². The third kappa shape index (κ3) is 15.6. The molecular formula is C59H84N10O15. The Labute approximate surface area is 489 Å². The van der Waals surface area contributed by atoms with Crippen molar-refractivity contribution >= 4 is 59.1 Å². The number of aliphatic hydroxyl groups excluding tert-OH is 3. The van der Waals surface area contributed by atoms with Crippen molar-refractivity contribution in [3.63, 3.8) is 0 Å². The minimum Gasteiger partial charge on any atom is -0.508 e. The van der Waals surface area contributed by atoms with E-state index in [9.17, 15) is 63.6 Å². The highest BCUT2D eigenvalue weighted by atomic mass is 16.5. The number of benzene rings is 2. The van der Waals surface area contributed by atoms with Crippen LogP contribution in [0.4, 0.5) is 0 Å². The van der Waals surface area contributed by atoms with Crippen LogP contribution in [-0.4, -0.2) is 218 Å². The van der Waals surface area contributed by atoms with E-state index in [-0.39, 0.29) is 88.1 Å². The predicted octanol–water partition coefficient (Wildman–Crippen LogP) is -1.77. The zero-order valence-electron chi connectivity index (χ0n) is 48.9. The first-order chi connectivity index (χ1) is 39.9. The van der Waals surface area contributed by atoms with Crippen molar-refractivity contribution in [1.29, 1.82) is 0 Å². The molecule has 2 aromatic carbocycles. The number of carbonyl (C=O) groups excluding carboxylic acids is 10. The molecule has 0 radical (unpaired) electrons. The zero-order valence-corrected chi connectivity index (χ0v) is 48.9. The second-order valence-corrected chi connectivity index (χ2v) is 23.9. The number of nitrogens with one attached hydrogen (secondary N) is 6. The quantitative estimate of drug-likeness (QED) is 0.105. The van der Waals surface area contributed by atoms with Gasteiger partial charge in [0.15, 0.2) is 0 Å². The number of hydrogen-bond donors (Lipinski definition) is 10. The molecule has 5 aliphatic rings. The molecule has 25 heteroatoms. The van der Waals surface area contributed by atoms with Crippen LogP contribution in [0.3, 0.4) is 0 Å². The fourth-order valence-corrected chi connectivity index (χ4v) is 12.0. The molecule has 0 aliphatic carbocycles. The second kappa shape index (κ2) is 28.6. The fourth-order valence-electron chi connectivity index (χ4n) is 12.0. The summed E-state index contributed by atoms with van der Waals surface area (Å²) >= 11 is 0. The molecule has 10 N–H and O–H groups in total. The predicted molar refractivity (Wildman–Crippen MR) is 302 cm³/mol. The van der Waals surface area contributed by atoms with Crippen molar-refractivity contribution in [2.45, 2.75) is 166 Å². The lowest BCUT2D eigenvalue weighted by Gasteiger charge is -2.34. The summed E-state index contributed by atoms with van der Waals surface area (Å²) in [5.74, 6) is -9.60.